The number of carbonyl (C=O) groups is 1. The van der Waals surface area contributed by atoms with Gasteiger partial charge in [0, 0.05) is 17.8 Å². The average Bonchev–Trinajstić information content (AvgIpc) is 2.64. The lowest BCUT2D eigenvalue weighted by atomic mass is 10.2. The molecule has 2 rings (SSSR count). The summed E-state index contributed by atoms with van der Waals surface area (Å²) in [5, 5.41) is 5.86. The van der Waals surface area contributed by atoms with Gasteiger partial charge in [-0.1, -0.05) is 18.7 Å². The van der Waals surface area contributed by atoms with Gasteiger partial charge in [0.15, 0.2) is 0 Å². The third-order valence-corrected chi connectivity index (χ3v) is 3.33. The lowest BCUT2D eigenvalue weighted by molar-refractivity contribution is -0.114. The second-order valence-corrected chi connectivity index (χ2v) is 5.10. The van der Waals surface area contributed by atoms with Crippen LogP contribution in [0.1, 0.15) is 0 Å². The largest absolute Gasteiger partial charge is 0.497 e. The standard InChI is InChI=1S/C19H22N2O4/c1-4-10-25-16-7-5-6-14(11-16)21-19(22)13-20-17-12-15(23-2)8-9-18(17)24-3/h4-9,11-12,20H,1,10,13H2,2-3H3,(H,21,22). The summed E-state index contributed by atoms with van der Waals surface area (Å²) in [5.41, 5.74) is 1.34. The summed E-state index contributed by atoms with van der Waals surface area (Å²) < 4.78 is 15.9. The molecule has 2 N–H and O–H groups in total. The van der Waals surface area contributed by atoms with Gasteiger partial charge >= 0.3 is 0 Å². The van der Waals surface area contributed by atoms with E-state index >= 15 is 0 Å². The minimum Gasteiger partial charge on any atom is -0.497 e. The number of ether oxygens (including phenoxy) is 3. The Labute approximate surface area is 147 Å². The first-order valence-electron chi connectivity index (χ1n) is 7.75. The van der Waals surface area contributed by atoms with Gasteiger partial charge in [-0.25, -0.2) is 0 Å². The number of rotatable bonds is 9. The van der Waals surface area contributed by atoms with Crippen LogP contribution < -0.4 is 24.8 Å². The second-order valence-electron chi connectivity index (χ2n) is 5.10. The second kappa shape index (κ2) is 9.22. The summed E-state index contributed by atoms with van der Waals surface area (Å²) in [6, 6.07) is 12.5. The molecule has 0 aromatic heterocycles. The van der Waals surface area contributed by atoms with Crippen LogP contribution in [0.2, 0.25) is 0 Å². The van der Waals surface area contributed by atoms with E-state index in [1.54, 1.807) is 50.6 Å². The molecule has 0 heterocycles. The number of benzene rings is 2. The number of nitrogens with one attached hydrogen (secondary N) is 2. The molecule has 0 bridgehead atoms. The van der Waals surface area contributed by atoms with E-state index in [2.05, 4.69) is 17.2 Å². The molecule has 0 atom stereocenters. The van der Waals surface area contributed by atoms with E-state index in [1.165, 1.54) is 0 Å². The predicted molar refractivity (Wildman–Crippen MR) is 98.8 cm³/mol. The van der Waals surface area contributed by atoms with Gasteiger partial charge < -0.3 is 24.8 Å². The quantitative estimate of drug-likeness (QED) is 0.684. The Kier molecular flexibility index (Phi) is 6.71. The highest BCUT2D eigenvalue weighted by Gasteiger charge is 2.08. The smallest absolute Gasteiger partial charge is 0.243 e. The van der Waals surface area contributed by atoms with E-state index in [9.17, 15) is 4.79 Å². The molecule has 132 valence electrons. The fraction of sp³-hybridized carbons (Fsp3) is 0.211. The Balaban J connectivity index is 1.96. The van der Waals surface area contributed by atoms with Crippen molar-refractivity contribution in [3.8, 4) is 17.2 Å². The van der Waals surface area contributed by atoms with E-state index in [0.717, 1.165) is 0 Å². The molecule has 25 heavy (non-hydrogen) atoms. The van der Waals surface area contributed by atoms with E-state index in [4.69, 9.17) is 14.2 Å². The van der Waals surface area contributed by atoms with E-state index in [1.807, 2.05) is 12.1 Å². The van der Waals surface area contributed by atoms with Gasteiger partial charge in [0.05, 0.1) is 26.5 Å². The van der Waals surface area contributed by atoms with Crippen LogP contribution in [0.3, 0.4) is 0 Å². The van der Waals surface area contributed by atoms with Gasteiger partial charge in [-0.2, -0.15) is 0 Å². The number of hydrogen-bond donors (Lipinski definition) is 2. The van der Waals surface area contributed by atoms with Crippen LogP contribution in [0.15, 0.2) is 55.1 Å². The third kappa shape index (κ3) is 5.46. The van der Waals surface area contributed by atoms with Crippen molar-refractivity contribution in [3.63, 3.8) is 0 Å². The van der Waals surface area contributed by atoms with Gasteiger partial charge in [0.1, 0.15) is 23.9 Å². The van der Waals surface area contributed by atoms with Crippen molar-refractivity contribution in [1.82, 2.24) is 0 Å². The summed E-state index contributed by atoms with van der Waals surface area (Å²) in [6.07, 6.45) is 1.66. The van der Waals surface area contributed by atoms with E-state index < -0.39 is 0 Å². The number of anilines is 2. The lowest BCUT2D eigenvalue weighted by Crippen LogP contribution is -2.22. The van der Waals surface area contributed by atoms with Crippen molar-refractivity contribution >= 4 is 17.3 Å². The number of methoxy groups -OCH3 is 2. The summed E-state index contributed by atoms with van der Waals surface area (Å²) in [6.45, 7) is 4.10. The van der Waals surface area contributed by atoms with Crippen LogP contribution in [-0.2, 0) is 4.79 Å². The number of carbonyl (C=O) groups excluding carboxylic acids is 1. The van der Waals surface area contributed by atoms with Gasteiger partial charge in [0.2, 0.25) is 5.91 Å². The fourth-order valence-corrected chi connectivity index (χ4v) is 2.15. The molecule has 6 nitrogen and oxygen atoms in total. The SMILES string of the molecule is C=CCOc1cccc(NC(=O)CNc2cc(OC)ccc2OC)c1. The minimum absolute atomic E-state index is 0.0846. The molecule has 0 radical (unpaired) electrons. The van der Waals surface area contributed by atoms with Crippen LogP contribution in [-0.4, -0.2) is 33.3 Å². The molecule has 0 saturated heterocycles. The molecular weight excluding hydrogens is 320 g/mol. The van der Waals surface area contributed by atoms with Crippen LogP contribution in [0.5, 0.6) is 17.2 Å². The van der Waals surface area contributed by atoms with Gasteiger partial charge in [-0.3, -0.25) is 4.79 Å². The predicted octanol–water partition coefficient (Wildman–Crippen LogP) is 3.32. The van der Waals surface area contributed by atoms with E-state index in [0.29, 0.717) is 35.2 Å². The zero-order chi connectivity index (χ0) is 18.1. The monoisotopic (exact) mass is 342 g/mol. The first-order valence-corrected chi connectivity index (χ1v) is 7.75. The summed E-state index contributed by atoms with van der Waals surface area (Å²) in [4.78, 5) is 12.2. The van der Waals surface area contributed by atoms with Gasteiger partial charge in [-0.15, -0.1) is 0 Å². The van der Waals surface area contributed by atoms with Crippen molar-refractivity contribution in [2.24, 2.45) is 0 Å². The summed E-state index contributed by atoms with van der Waals surface area (Å²) >= 11 is 0. The van der Waals surface area contributed by atoms with Crippen molar-refractivity contribution < 1.29 is 19.0 Å². The highest BCUT2D eigenvalue weighted by atomic mass is 16.5. The molecule has 1 amide bonds. The maximum absolute atomic E-state index is 12.2. The molecule has 0 fully saturated rings. The molecule has 0 saturated carbocycles. The maximum Gasteiger partial charge on any atom is 0.243 e. The summed E-state index contributed by atoms with van der Waals surface area (Å²) in [5.74, 6) is 1.79. The maximum atomic E-state index is 12.2. The minimum atomic E-state index is -0.189. The van der Waals surface area contributed by atoms with Crippen LogP contribution in [0.25, 0.3) is 0 Å². The Morgan fingerprint density at radius 3 is 2.68 bits per heavy atom. The molecular formula is C19H22N2O4. The first-order chi connectivity index (χ1) is 12.2. The zero-order valence-electron chi connectivity index (χ0n) is 14.4. The van der Waals surface area contributed by atoms with Crippen molar-refractivity contribution in [1.29, 1.82) is 0 Å². The molecule has 0 spiro atoms. The lowest BCUT2D eigenvalue weighted by Gasteiger charge is -2.13. The van der Waals surface area contributed by atoms with Gasteiger partial charge in [-0.05, 0) is 24.3 Å². The number of amides is 1. The Morgan fingerprint density at radius 1 is 1.12 bits per heavy atom. The van der Waals surface area contributed by atoms with Crippen LogP contribution in [0.4, 0.5) is 11.4 Å². The van der Waals surface area contributed by atoms with Crippen molar-refractivity contribution in [2.75, 3.05) is 38.0 Å². The molecule has 2 aromatic rings. The highest BCUT2D eigenvalue weighted by molar-refractivity contribution is 5.94. The Bertz CT molecular complexity index is 731. The van der Waals surface area contributed by atoms with Crippen LogP contribution >= 0.6 is 0 Å². The fourth-order valence-electron chi connectivity index (χ4n) is 2.15. The molecule has 0 aliphatic rings. The Hall–Kier alpha value is -3.15. The summed E-state index contributed by atoms with van der Waals surface area (Å²) in [7, 11) is 3.15. The molecule has 0 aliphatic heterocycles. The molecule has 6 heteroatoms. The Morgan fingerprint density at radius 2 is 1.96 bits per heavy atom. The topological polar surface area (TPSA) is 68.8 Å². The van der Waals surface area contributed by atoms with Crippen LogP contribution in [0, 0.1) is 0 Å². The average molecular weight is 342 g/mol. The van der Waals surface area contributed by atoms with Gasteiger partial charge in [0.25, 0.3) is 0 Å². The van der Waals surface area contributed by atoms with E-state index in [-0.39, 0.29) is 12.5 Å². The third-order valence-electron chi connectivity index (χ3n) is 3.33. The van der Waals surface area contributed by atoms with Crippen molar-refractivity contribution in [3.05, 3.63) is 55.1 Å². The van der Waals surface area contributed by atoms with Crippen molar-refractivity contribution in [2.45, 2.75) is 0 Å². The zero-order valence-corrected chi connectivity index (χ0v) is 14.4. The first kappa shape index (κ1) is 18.2. The molecule has 2 aromatic carbocycles. The normalized spacial score (nSPS) is 9.84. The highest BCUT2D eigenvalue weighted by Crippen LogP contribution is 2.28. The molecule has 0 unspecified atom stereocenters. The number of hydrogen-bond acceptors (Lipinski definition) is 5. The molecule has 0 aliphatic carbocycles.